The molecule has 0 fully saturated rings. The molecule has 9 N–H and O–H groups in total. The Morgan fingerprint density at radius 2 is 0.904 bits per heavy atom. The van der Waals surface area contributed by atoms with Crippen molar-refractivity contribution in [3.63, 3.8) is 0 Å². The number of hydrogen-bond donors (Lipinski definition) is 9. The summed E-state index contributed by atoms with van der Waals surface area (Å²) in [6.45, 7) is 0.957. The van der Waals surface area contributed by atoms with Gasteiger partial charge in [-0.25, -0.2) is 38.0 Å². The molecule has 5 aliphatic rings. The van der Waals surface area contributed by atoms with E-state index in [0.717, 1.165) is 32.6 Å². The summed E-state index contributed by atoms with van der Waals surface area (Å²) in [5.41, 5.74) is 6.53. The summed E-state index contributed by atoms with van der Waals surface area (Å²) < 4.78 is 140. The number of ether oxygens (including phenoxy) is 5. The fourth-order valence-corrected chi connectivity index (χ4v) is 19.1. The third-order valence-corrected chi connectivity index (χ3v) is 26.8. The molecular weight excluding hydrogens is 1980 g/mol. The molecule has 17 heterocycles. The van der Waals surface area contributed by atoms with E-state index in [0.29, 0.717) is 76.2 Å². The van der Waals surface area contributed by atoms with Gasteiger partial charge in [0.2, 0.25) is 11.8 Å². The Bertz CT molecular complexity index is 7730. The zero-order chi connectivity index (χ0) is 103. The number of anilines is 7. The van der Waals surface area contributed by atoms with E-state index in [1.165, 1.54) is 119 Å². The number of amides is 6. The van der Waals surface area contributed by atoms with Crippen LogP contribution in [0.25, 0.3) is 67.6 Å². The van der Waals surface area contributed by atoms with Crippen molar-refractivity contribution in [1.82, 2.24) is 108 Å². The Labute approximate surface area is 834 Å². The number of aromatic amines is 2. The van der Waals surface area contributed by atoms with E-state index in [1.54, 1.807) is 154 Å². The van der Waals surface area contributed by atoms with Gasteiger partial charge in [0.15, 0.2) is 28.4 Å². The highest BCUT2D eigenvalue weighted by molar-refractivity contribution is 8.01. The molecule has 2 unspecified atom stereocenters. The largest absolute Gasteiger partial charge is 0.492 e. The van der Waals surface area contributed by atoms with E-state index in [2.05, 4.69) is 122 Å². The van der Waals surface area contributed by atoms with Crippen LogP contribution in [-0.4, -0.2) is 244 Å². The number of aromatic nitrogens is 20. The average molecular weight is 2060 g/mol. The Hall–Kier alpha value is -16.7. The SMILES string of the molecule is CC1(C)CNc2cc(OC(F)F)c(-c3[nH]ncc3NC(=O)c3cnn4cccnc34)cc2S1.CC1(C)COc2cc(OC(F)F)c(-c3[nH]ncc3NC(=O)c3cnn4cccnc34)cc2C1=O.CC1CSc2cc(-c3nn(CC(=O)N(C)C)cc3NC(=O)c3cnn4cccnc34)c(OC(F)F)cc2N1.CC1CSc2cc(-c3nn(CC(=O)N4CC=CCC4)cc3NC(=O)c3cnn4cccnc34)c(OC(F)F)cc2N1. The lowest BCUT2D eigenvalue weighted by atomic mass is 9.82. The molecule has 4 aromatic carbocycles. The van der Waals surface area contributed by atoms with Crippen molar-refractivity contribution >= 4 is 139 Å². The second kappa shape index (κ2) is 42.1. The molecule has 2 atom stereocenters. The van der Waals surface area contributed by atoms with Gasteiger partial charge in [0.25, 0.3) is 23.6 Å². The molecule has 12 aromatic heterocycles. The second-order valence-corrected chi connectivity index (χ2v) is 38.7. The van der Waals surface area contributed by atoms with Gasteiger partial charge in [-0.2, -0.15) is 75.9 Å². The number of likely N-dealkylation sites (N-methyl/N-ethyl adjacent to an activating group) is 1. The number of fused-ring (bicyclic) bond motifs is 8. The molecule has 5 aliphatic heterocycles. The molecule has 6 amide bonds. The minimum atomic E-state index is -3.13. The summed E-state index contributed by atoms with van der Waals surface area (Å²) in [6, 6.07) is 19.4. The molecule has 754 valence electrons. The molecule has 16 aromatic rings. The molecule has 0 bridgehead atoms. The van der Waals surface area contributed by atoms with Crippen LogP contribution in [0.2, 0.25) is 0 Å². The van der Waals surface area contributed by atoms with Crippen molar-refractivity contribution in [2.45, 2.75) is 119 Å². The van der Waals surface area contributed by atoms with Gasteiger partial charge >= 0.3 is 26.4 Å². The minimum Gasteiger partial charge on any atom is -0.492 e. The minimum absolute atomic E-state index is 0.0334. The maximum atomic E-state index is 13.5. The number of hydrogen-bond acceptors (Lipinski definition) is 30. The molecule has 0 saturated heterocycles. The summed E-state index contributed by atoms with van der Waals surface area (Å²) in [5, 5.41) is 59.9. The molecule has 0 aliphatic carbocycles. The van der Waals surface area contributed by atoms with Crippen molar-refractivity contribution in [1.29, 1.82) is 0 Å². The second-order valence-electron chi connectivity index (χ2n) is 34.8. The summed E-state index contributed by atoms with van der Waals surface area (Å²) in [5.74, 6) is -1.44. The lowest BCUT2D eigenvalue weighted by Crippen LogP contribution is -2.36. The highest BCUT2D eigenvalue weighted by Gasteiger charge is 2.39. The Morgan fingerprint density at radius 1 is 0.500 bits per heavy atom. The molecule has 52 heteroatoms. The van der Waals surface area contributed by atoms with Gasteiger partial charge < -0.3 is 70.7 Å². The van der Waals surface area contributed by atoms with Gasteiger partial charge in [0.1, 0.15) is 82.1 Å². The van der Waals surface area contributed by atoms with E-state index in [-0.39, 0.29) is 162 Å². The third kappa shape index (κ3) is 21.9. The maximum Gasteiger partial charge on any atom is 0.387 e. The van der Waals surface area contributed by atoms with Gasteiger partial charge in [0, 0.05) is 185 Å². The average Bonchev–Trinajstić information content (AvgIpc) is 1.09. The Kier molecular flexibility index (Phi) is 28.7. The van der Waals surface area contributed by atoms with Gasteiger partial charge in [-0.1, -0.05) is 12.2 Å². The monoisotopic (exact) mass is 2060 g/mol. The van der Waals surface area contributed by atoms with Crippen LogP contribution in [0.15, 0.2) is 199 Å². The third-order valence-electron chi connectivity index (χ3n) is 23.0. The Morgan fingerprint density at radius 3 is 1.33 bits per heavy atom. The number of thioether (sulfide) groups is 3. The maximum absolute atomic E-state index is 13.5. The number of Topliss-reactive ketones (excluding diaryl/α,β-unsaturated/α-hetero) is 1. The van der Waals surface area contributed by atoms with Gasteiger partial charge in [-0.05, 0) is 96.5 Å². The summed E-state index contributed by atoms with van der Waals surface area (Å²) in [4.78, 5) is 113. The topological polar surface area (TPSA) is 470 Å². The number of alkyl halides is 8. The number of nitrogens with zero attached hydrogens (tertiary/aromatic N) is 20. The standard InChI is InChI=1S/C27H26F2N8O3S.C24H24F2N8O3S.C22H18F2N6O4.C21H19F2N7O2S/c1-16-15-41-22-10-17(21(40-27(28)29)11-19(22)32-16)24-20(13-36(34-24)14-23(38)35-7-3-2-4-8-35)33-26(39)18-12-31-37-9-5-6-30-25(18)37;1-13-12-38-19-7-14(18(37-24(25)26)8-16(19)29-13)21-17(10-33(31-21)11-20(35)32(2)3)30-23(36)15-9-28-34-6-4-5-27-22(15)34;1-22(2)10-33-15-7-16(34-21(23)24)11(6-12(15)18(22)31)17-14(9-26-29-17)28-20(32)13-8-27-30-5-3-4-25-19(13)30;1-21(2)10-25-13-7-15(32-20(22)23)11(6-16(13)33-21)17-14(9-26-29-17)28-19(31)12-8-27-30-5-3-4-24-18(12)30/h2-3,5-6,9-13,16,27,32H,4,7-8,14-15H2,1H3,(H,33,39);4-10,13,24,29H,11-12H2,1-3H3,(H,30,36);3-9,21H,10H2,1-2H3,(H,26,29)(H,28,32);3-9,20,25H,10H2,1-2H3,(H,26,29)(H,28,31). The smallest absolute Gasteiger partial charge is 0.387 e. The highest BCUT2D eigenvalue weighted by atomic mass is 32.2. The summed E-state index contributed by atoms with van der Waals surface area (Å²) >= 11 is 4.77. The van der Waals surface area contributed by atoms with E-state index in [9.17, 15) is 68.7 Å². The van der Waals surface area contributed by atoms with Gasteiger partial charge in [0.05, 0.1) is 99.4 Å². The highest BCUT2D eigenvalue weighted by Crippen LogP contribution is 2.51. The van der Waals surface area contributed by atoms with Crippen LogP contribution >= 0.6 is 35.3 Å². The molecule has 0 saturated carbocycles. The van der Waals surface area contributed by atoms with Crippen LogP contribution in [0.3, 0.4) is 0 Å². The zero-order valence-electron chi connectivity index (χ0n) is 78.2. The van der Waals surface area contributed by atoms with Crippen molar-refractivity contribution in [3.05, 3.63) is 212 Å². The van der Waals surface area contributed by atoms with Crippen LogP contribution < -0.4 is 60.9 Å². The van der Waals surface area contributed by atoms with E-state index < -0.39 is 55.5 Å². The van der Waals surface area contributed by atoms with Crippen LogP contribution in [-0.2, 0) is 22.7 Å². The van der Waals surface area contributed by atoms with Crippen molar-refractivity contribution in [2.24, 2.45) is 5.41 Å². The van der Waals surface area contributed by atoms with E-state index in [4.69, 9.17) is 23.7 Å². The molecule has 41 nitrogen and oxygen atoms in total. The number of carbonyl (C=O) groups excluding carboxylic acids is 7. The van der Waals surface area contributed by atoms with Gasteiger partial charge in [-0.3, -0.25) is 53.1 Å². The number of rotatable bonds is 24. The van der Waals surface area contributed by atoms with E-state index in [1.807, 2.05) is 26.0 Å². The van der Waals surface area contributed by atoms with Gasteiger partial charge in [-0.15, -0.1) is 35.3 Å². The lowest BCUT2D eigenvalue weighted by Gasteiger charge is -2.32. The predicted octanol–water partition coefficient (Wildman–Crippen LogP) is 15.4. The molecule has 0 spiro atoms. The zero-order valence-corrected chi connectivity index (χ0v) is 80.7. The summed E-state index contributed by atoms with van der Waals surface area (Å²) in [6.07, 6.45) is 28.8. The lowest BCUT2D eigenvalue weighted by molar-refractivity contribution is -0.131. The number of benzene rings is 4. The fourth-order valence-electron chi connectivity index (χ4n) is 16.0. The Balaban J connectivity index is 0.000000128. The quantitative estimate of drug-likeness (QED) is 0.0200. The fraction of sp³-hybridized carbons (Fsp3) is 0.266. The molecule has 21 rings (SSSR count). The van der Waals surface area contributed by atoms with Crippen LogP contribution in [0.4, 0.5) is 74.9 Å². The summed E-state index contributed by atoms with van der Waals surface area (Å²) in [7, 11) is 3.22. The first-order valence-corrected chi connectivity index (χ1v) is 47.5. The predicted molar refractivity (Wildman–Crippen MR) is 522 cm³/mol. The first-order valence-electron chi connectivity index (χ1n) is 44.8. The first kappa shape index (κ1) is 99.5. The van der Waals surface area contributed by atoms with Crippen LogP contribution in [0.5, 0.6) is 28.7 Å². The number of ketones is 1. The normalized spacial score (nSPS) is 15.2. The number of carbonyl (C=O) groups is 7. The molecule has 0 radical (unpaired) electrons. The van der Waals surface area contributed by atoms with Crippen LogP contribution in [0.1, 0.15) is 99.8 Å². The van der Waals surface area contributed by atoms with Crippen LogP contribution in [0, 0.1) is 5.41 Å². The van der Waals surface area contributed by atoms with Crippen molar-refractivity contribution in [2.75, 3.05) is 89.1 Å². The number of halogens is 8. The number of H-pyrrole nitrogens is 2. The van der Waals surface area contributed by atoms with Crippen molar-refractivity contribution < 1.29 is 92.4 Å². The molecule has 146 heavy (non-hydrogen) atoms. The molecular formula is C94H87F8N29O12S3. The van der Waals surface area contributed by atoms with E-state index >= 15 is 0 Å². The first-order chi connectivity index (χ1) is 70.1. The van der Waals surface area contributed by atoms with Crippen molar-refractivity contribution in [3.8, 4) is 73.8 Å². The number of nitrogens with one attached hydrogen (secondary N) is 9.